The van der Waals surface area contributed by atoms with E-state index in [1.807, 2.05) is 30.3 Å². The zero-order chi connectivity index (χ0) is 27.1. The zero-order valence-corrected chi connectivity index (χ0v) is 23.4. The number of rotatable bonds is 4. The van der Waals surface area contributed by atoms with Gasteiger partial charge in [0.05, 0.1) is 15.9 Å². The summed E-state index contributed by atoms with van der Waals surface area (Å²) in [4.78, 5) is 9.98. The highest BCUT2D eigenvalue weighted by molar-refractivity contribution is 7.21. The molecular formula is C35H30N2OS. The standard InChI is InChI=1S/C35H30N2OS/c1-22-16-18-27(26-11-6-5-10-25(22)26)28-13-9-15-32-33(28)37-34(39-32)29-12-7-8-14-30(29)36-21-23-20-24(35(2,3)4)17-19-31(23)38/h5-21,38H,1-4H3. The molecule has 6 aromatic rings. The van der Waals surface area contributed by atoms with E-state index in [4.69, 9.17) is 9.98 Å². The molecular weight excluding hydrogens is 496 g/mol. The predicted octanol–water partition coefficient (Wildman–Crippen LogP) is 9.85. The molecule has 0 fully saturated rings. The molecule has 3 nitrogen and oxygen atoms in total. The fraction of sp³-hybridized carbons (Fsp3) is 0.143. The third-order valence-electron chi connectivity index (χ3n) is 7.22. The summed E-state index contributed by atoms with van der Waals surface area (Å²) in [7, 11) is 0. The summed E-state index contributed by atoms with van der Waals surface area (Å²) in [5.74, 6) is 0.221. The molecule has 1 heterocycles. The van der Waals surface area contributed by atoms with Crippen molar-refractivity contribution in [3.63, 3.8) is 0 Å². The number of aryl methyl sites for hydroxylation is 1. The van der Waals surface area contributed by atoms with Gasteiger partial charge in [-0.3, -0.25) is 4.99 Å². The van der Waals surface area contributed by atoms with Gasteiger partial charge >= 0.3 is 0 Å². The van der Waals surface area contributed by atoms with Crippen molar-refractivity contribution in [1.82, 2.24) is 4.98 Å². The zero-order valence-electron chi connectivity index (χ0n) is 22.6. The lowest BCUT2D eigenvalue weighted by Gasteiger charge is -2.19. The second-order valence-electron chi connectivity index (χ2n) is 10.9. The summed E-state index contributed by atoms with van der Waals surface area (Å²) in [5, 5.41) is 13.9. The van der Waals surface area contributed by atoms with Gasteiger partial charge in [0.15, 0.2) is 0 Å². The third-order valence-corrected chi connectivity index (χ3v) is 8.28. The molecule has 5 aromatic carbocycles. The van der Waals surface area contributed by atoms with Crippen LogP contribution in [0.25, 0.3) is 42.7 Å². The Bertz CT molecular complexity index is 1870. The fourth-order valence-corrected chi connectivity index (χ4v) is 6.02. The monoisotopic (exact) mass is 526 g/mol. The van der Waals surface area contributed by atoms with Gasteiger partial charge in [-0.05, 0) is 70.1 Å². The summed E-state index contributed by atoms with van der Waals surface area (Å²) in [6.07, 6.45) is 1.75. The number of hydrogen-bond acceptors (Lipinski definition) is 4. The van der Waals surface area contributed by atoms with Crippen LogP contribution in [0.15, 0.2) is 102 Å². The van der Waals surface area contributed by atoms with Gasteiger partial charge in [-0.25, -0.2) is 4.98 Å². The molecule has 0 saturated heterocycles. The van der Waals surface area contributed by atoms with Crippen LogP contribution in [0, 0.1) is 6.92 Å². The highest BCUT2D eigenvalue weighted by Gasteiger charge is 2.17. The van der Waals surface area contributed by atoms with Gasteiger partial charge in [-0.1, -0.05) is 87.5 Å². The number of thiazole rings is 1. The second-order valence-corrected chi connectivity index (χ2v) is 12.0. The number of aromatic nitrogens is 1. The van der Waals surface area contributed by atoms with Crippen LogP contribution >= 0.6 is 11.3 Å². The Morgan fingerprint density at radius 3 is 2.33 bits per heavy atom. The Balaban J connectivity index is 1.44. The SMILES string of the molecule is Cc1ccc(-c2cccc3sc(-c4ccccc4N=Cc4cc(C(C)(C)C)ccc4O)nc23)c2ccccc12. The molecule has 0 bridgehead atoms. The number of nitrogens with zero attached hydrogens (tertiary/aromatic N) is 2. The number of hydrogen-bond donors (Lipinski definition) is 1. The van der Waals surface area contributed by atoms with E-state index in [1.165, 1.54) is 21.9 Å². The Hall–Kier alpha value is -4.28. The molecule has 0 amide bonds. The topological polar surface area (TPSA) is 45.5 Å². The fourth-order valence-electron chi connectivity index (χ4n) is 5.00. The van der Waals surface area contributed by atoms with E-state index in [0.717, 1.165) is 37.6 Å². The molecule has 0 aliphatic heterocycles. The molecule has 6 rings (SSSR count). The lowest BCUT2D eigenvalue weighted by molar-refractivity contribution is 0.473. The van der Waals surface area contributed by atoms with Gasteiger partial charge in [0.2, 0.25) is 0 Å². The maximum Gasteiger partial charge on any atom is 0.126 e. The van der Waals surface area contributed by atoms with Crippen LogP contribution in [-0.2, 0) is 5.41 Å². The summed E-state index contributed by atoms with van der Waals surface area (Å²) < 4.78 is 1.14. The van der Waals surface area contributed by atoms with Gasteiger partial charge in [-0.15, -0.1) is 11.3 Å². The third kappa shape index (κ3) is 4.73. The van der Waals surface area contributed by atoms with Crippen LogP contribution < -0.4 is 0 Å². The molecule has 0 spiro atoms. The van der Waals surface area contributed by atoms with E-state index in [-0.39, 0.29) is 11.2 Å². The van der Waals surface area contributed by atoms with Crippen molar-refractivity contribution in [2.45, 2.75) is 33.1 Å². The minimum absolute atomic E-state index is 0.0182. The Morgan fingerprint density at radius 2 is 1.51 bits per heavy atom. The maximum atomic E-state index is 10.5. The number of para-hydroxylation sites is 2. The van der Waals surface area contributed by atoms with Crippen molar-refractivity contribution in [3.05, 3.63) is 114 Å². The van der Waals surface area contributed by atoms with Crippen molar-refractivity contribution < 1.29 is 5.11 Å². The van der Waals surface area contributed by atoms with Crippen LogP contribution in [0.3, 0.4) is 0 Å². The highest BCUT2D eigenvalue weighted by atomic mass is 32.1. The van der Waals surface area contributed by atoms with E-state index in [0.29, 0.717) is 5.56 Å². The van der Waals surface area contributed by atoms with Crippen molar-refractivity contribution in [2.24, 2.45) is 4.99 Å². The average Bonchev–Trinajstić information content (AvgIpc) is 3.37. The van der Waals surface area contributed by atoms with Gasteiger partial charge in [0.25, 0.3) is 0 Å². The van der Waals surface area contributed by atoms with Crippen LogP contribution in [0.4, 0.5) is 5.69 Å². The molecule has 0 aliphatic carbocycles. The number of benzene rings is 5. The molecule has 1 aromatic heterocycles. The van der Waals surface area contributed by atoms with Crippen LogP contribution in [0.1, 0.15) is 37.5 Å². The number of phenolic OH excluding ortho intramolecular Hbond substituents is 1. The summed E-state index contributed by atoms with van der Waals surface area (Å²) >= 11 is 1.68. The molecule has 0 radical (unpaired) electrons. The first kappa shape index (κ1) is 25.0. The minimum Gasteiger partial charge on any atom is -0.507 e. The van der Waals surface area contributed by atoms with Crippen molar-refractivity contribution in [1.29, 1.82) is 0 Å². The highest BCUT2D eigenvalue weighted by Crippen LogP contribution is 2.41. The molecule has 192 valence electrons. The molecule has 39 heavy (non-hydrogen) atoms. The van der Waals surface area contributed by atoms with E-state index in [1.54, 1.807) is 23.6 Å². The first-order valence-electron chi connectivity index (χ1n) is 13.1. The lowest BCUT2D eigenvalue weighted by atomic mass is 9.86. The van der Waals surface area contributed by atoms with E-state index in [9.17, 15) is 5.11 Å². The van der Waals surface area contributed by atoms with Gasteiger partial charge in [0.1, 0.15) is 10.8 Å². The van der Waals surface area contributed by atoms with Crippen LogP contribution in [-0.4, -0.2) is 16.3 Å². The molecule has 0 saturated carbocycles. The first-order valence-corrected chi connectivity index (χ1v) is 14.0. The van der Waals surface area contributed by atoms with Gasteiger partial charge in [-0.2, -0.15) is 0 Å². The van der Waals surface area contributed by atoms with Crippen LogP contribution in [0.5, 0.6) is 5.75 Å². The Labute approximate surface area is 233 Å². The normalized spacial score (nSPS) is 12.1. The second kappa shape index (κ2) is 9.79. The smallest absolute Gasteiger partial charge is 0.126 e. The minimum atomic E-state index is -0.0182. The quantitative estimate of drug-likeness (QED) is 0.232. The Morgan fingerprint density at radius 1 is 0.769 bits per heavy atom. The van der Waals surface area contributed by atoms with E-state index in [2.05, 4.69) is 88.4 Å². The van der Waals surface area contributed by atoms with Gasteiger partial charge < -0.3 is 5.11 Å². The predicted molar refractivity (Wildman–Crippen MR) is 167 cm³/mol. The van der Waals surface area contributed by atoms with E-state index >= 15 is 0 Å². The van der Waals surface area contributed by atoms with E-state index < -0.39 is 0 Å². The number of phenols is 1. The lowest BCUT2D eigenvalue weighted by Crippen LogP contribution is -2.11. The Kier molecular flexibility index (Phi) is 6.28. The van der Waals surface area contributed by atoms with Gasteiger partial charge in [0, 0.05) is 22.9 Å². The van der Waals surface area contributed by atoms with Crippen molar-refractivity contribution in [2.75, 3.05) is 0 Å². The summed E-state index contributed by atoms with van der Waals surface area (Å²) in [6.45, 7) is 8.65. The molecule has 0 aliphatic rings. The largest absolute Gasteiger partial charge is 0.507 e. The summed E-state index contributed by atoms with van der Waals surface area (Å²) in [5.41, 5.74) is 8.23. The molecule has 1 N–H and O–H groups in total. The number of aliphatic imine (C=N–C) groups is 1. The average molecular weight is 527 g/mol. The number of aromatic hydroxyl groups is 1. The number of fused-ring (bicyclic) bond motifs is 2. The van der Waals surface area contributed by atoms with Crippen molar-refractivity contribution >= 4 is 44.2 Å². The molecule has 4 heteroatoms. The first-order chi connectivity index (χ1) is 18.8. The maximum absolute atomic E-state index is 10.5. The van der Waals surface area contributed by atoms with Crippen molar-refractivity contribution in [3.8, 4) is 27.4 Å². The molecule has 0 unspecified atom stereocenters. The molecule has 0 atom stereocenters. The van der Waals surface area contributed by atoms with Crippen LogP contribution in [0.2, 0.25) is 0 Å². The summed E-state index contributed by atoms with van der Waals surface area (Å²) in [6, 6.07) is 33.2.